The molecule has 3 heterocycles. The second-order valence-corrected chi connectivity index (χ2v) is 10.4. The van der Waals surface area contributed by atoms with Crippen molar-refractivity contribution in [3.05, 3.63) is 64.0 Å². The molecule has 0 aliphatic carbocycles. The van der Waals surface area contributed by atoms with Gasteiger partial charge in [-0.15, -0.1) is 22.7 Å². The number of benzene rings is 2. The molecule has 10 heteroatoms. The Labute approximate surface area is 215 Å². The van der Waals surface area contributed by atoms with E-state index in [0.717, 1.165) is 31.2 Å². The Morgan fingerprint density at radius 1 is 1.14 bits per heavy atom. The van der Waals surface area contributed by atoms with Gasteiger partial charge in [-0.2, -0.15) is 0 Å². The fourth-order valence-corrected chi connectivity index (χ4v) is 6.43. The molecular formula is C25H22ClN3O4S2. The largest absolute Gasteiger partial charge is 0.484 e. The Morgan fingerprint density at radius 2 is 1.94 bits per heavy atom. The Balaban J connectivity index is 1.43. The molecule has 2 aromatic carbocycles. The molecule has 0 saturated carbocycles. The van der Waals surface area contributed by atoms with E-state index in [-0.39, 0.29) is 18.6 Å². The summed E-state index contributed by atoms with van der Waals surface area (Å²) in [6.07, 6.45) is 0.336. The number of nitrogens with one attached hydrogen (secondary N) is 1. The van der Waals surface area contributed by atoms with Crippen molar-refractivity contribution in [2.24, 2.45) is 0 Å². The molecule has 2 amide bonds. The summed E-state index contributed by atoms with van der Waals surface area (Å²) in [4.78, 5) is 32.7. The Kier molecular flexibility index (Phi) is 6.90. The quantitative estimate of drug-likeness (QED) is 0.322. The van der Waals surface area contributed by atoms with E-state index in [1.54, 1.807) is 47.4 Å². The van der Waals surface area contributed by atoms with Crippen LogP contribution in [0.25, 0.3) is 20.8 Å². The molecule has 0 spiro atoms. The van der Waals surface area contributed by atoms with E-state index in [1.807, 2.05) is 24.3 Å². The Morgan fingerprint density at radius 3 is 2.71 bits per heavy atom. The number of aromatic nitrogens is 1. The molecule has 7 nitrogen and oxygen atoms in total. The number of anilines is 1. The summed E-state index contributed by atoms with van der Waals surface area (Å²) in [6.45, 7) is 2.97. The van der Waals surface area contributed by atoms with Gasteiger partial charge in [-0.25, -0.2) is 9.78 Å². The Bertz CT molecular complexity index is 1350. The lowest BCUT2D eigenvalue weighted by molar-refractivity contribution is -0.118. The minimum Gasteiger partial charge on any atom is -0.484 e. The van der Waals surface area contributed by atoms with Crippen LogP contribution >= 0.6 is 34.3 Å². The van der Waals surface area contributed by atoms with Crippen LogP contribution in [-0.4, -0.2) is 41.6 Å². The van der Waals surface area contributed by atoms with Gasteiger partial charge in [0.25, 0.3) is 5.91 Å². The van der Waals surface area contributed by atoms with E-state index < -0.39 is 0 Å². The van der Waals surface area contributed by atoms with E-state index in [4.69, 9.17) is 26.1 Å². The molecule has 1 aliphatic rings. The fourth-order valence-electron chi connectivity index (χ4n) is 3.91. The first-order valence-corrected chi connectivity index (χ1v) is 13.1. The number of halogens is 1. The third-order valence-electron chi connectivity index (χ3n) is 5.53. The van der Waals surface area contributed by atoms with Crippen molar-refractivity contribution >= 4 is 61.5 Å². The first-order chi connectivity index (χ1) is 17.0. The van der Waals surface area contributed by atoms with Gasteiger partial charge in [-0.3, -0.25) is 4.79 Å². The number of nitrogens with zero attached hydrogens (tertiary/aromatic N) is 2. The van der Waals surface area contributed by atoms with Crippen LogP contribution in [0.15, 0.2) is 48.5 Å². The first kappa shape index (κ1) is 23.6. The number of thiophene rings is 1. The molecule has 1 N–H and O–H groups in total. The summed E-state index contributed by atoms with van der Waals surface area (Å²) in [5.74, 6) is 0.287. The molecule has 0 atom stereocenters. The molecule has 5 rings (SSSR count). The van der Waals surface area contributed by atoms with Crippen molar-refractivity contribution in [1.82, 2.24) is 9.88 Å². The number of carbonyl (C=O) groups excluding carboxylic acids is 2. The van der Waals surface area contributed by atoms with Gasteiger partial charge in [0.2, 0.25) is 0 Å². The standard InChI is InChI=1S/C25H22ClN3O4S2/c1-2-32-25(31)29-12-11-17-20(13-29)35-24(22(17)23-27-18-5-3-4-6-19(18)34-23)28-21(30)14-33-16-9-7-15(26)8-10-16/h3-10H,2,11-14H2,1H3,(H,28,30). The molecule has 2 aromatic heterocycles. The van der Waals surface area contributed by atoms with E-state index in [1.165, 1.54) is 11.3 Å². The predicted octanol–water partition coefficient (Wildman–Crippen LogP) is 6.21. The molecule has 0 unspecified atom stereocenters. The van der Waals surface area contributed by atoms with Crippen molar-refractivity contribution in [2.75, 3.05) is 25.1 Å². The molecule has 4 aromatic rings. The van der Waals surface area contributed by atoms with Crippen molar-refractivity contribution in [3.63, 3.8) is 0 Å². The van der Waals surface area contributed by atoms with E-state index in [9.17, 15) is 9.59 Å². The number of amides is 2. The highest BCUT2D eigenvalue weighted by Crippen LogP contribution is 2.45. The molecule has 35 heavy (non-hydrogen) atoms. The summed E-state index contributed by atoms with van der Waals surface area (Å²) in [7, 11) is 0. The summed E-state index contributed by atoms with van der Waals surface area (Å²) >= 11 is 8.97. The average molecular weight is 528 g/mol. The van der Waals surface area contributed by atoms with Crippen molar-refractivity contribution in [3.8, 4) is 16.3 Å². The van der Waals surface area contributed by atoms with Crippen LogP contribution in [0.3, 0.4) is 0 Å². The van der Waals surface area contributed by atoms with E-state index in [2.05, 4.69) is 5.32 Å². The molecular weight excluding hydrogens is 506 g/mol. The van der Waals surface area contributed by atoms with Gasteiger partial charge in [0.1, 0.15) is 15.8 Å². The highest BCUT2D eigenvalue weighted by Gasteiger charge is 2.30. The summed E-state index contributed by atoms with van der Waals surface area (Å²) in [5.41, 5.74) is 2.96. The van der Waals surface area contributed by atoms with Gasteiger partial charge in [0.05, 0.1) is 23.4 Å². The number of hydrogen-bond acceptors (Lipinski definition) is 7. The second kappa shape index (κ2) is 10.2. The van der Waals surface area contributed by atoms with Crippen molar-refractivity contribution < 1.29 is 19.1 Å². The highest BCUT2D eigenvalue weighted by molar-refractivity contribution is 7.22. The number of hydrogen-bond donors (Lipinski definition) is 1. The number of thiazole rings is 1. The van der Waals surface area contributed by atoms with Crippen LogP contribution in [0.1, 0.15) is 17.4 Å². The van der Waals surface area contributed by atoms with Crippen LogP contribution in [0.4, 0.5) is 9.80 Å². The molecule has 0 saturated heterocycles. The van der Waals surface area contributed by atoms with Gasteiger partial charge in [0, 0.05) is 22.0 Å². The maximum Gasteiger partial charge on any atom is 0.410 e. The van der Waals surface area contributed by atoms with Gasteiger partial charge < -0.3 is 19.7 Å². The maximum atomic E-state index is 12.8. The summed E-state index contributed by atoms with van der Waals surface area (Å²) < 4.78 is 11.9. The molecule has 0 radical (unpaired) electrons. The molecule has 1 aliphatic heterocycles. The third-order valence-corrected chi connectivity index (χ3v) is 7.97. The normalized spacial score (nSPS) is 12.9. The lowest BCUT2D eigenvalue weighted by atomic mass is 10.0. The van der Waals surface area contributed by atoms with E-state index >= 15 is 0 Å². The first-order valence-electron chi connectivity index (χ1n) is 11.1. The smallest absolute Gasteiger partial charge is 0.410 e. The zero-order chi connectivity index (χ0) is 24.4. The van der Waals surface area contributed by atoms with Crippen LogP contribution < -0.4 is 10.1 Å². The topological polar surface area (TPSA) is 80.8 Å². The number of rotatable bonds is 6. The number of ether oxygens (including phenoxy) is 2. The zero-order valence-electron chi connectivity index (χ0n) is 18.9. The van der Waals surface area contributed by atoms with Crippen LogP contribution in [-0.2, 0) is 22.5 Å². The van der Waals surface area contributed by atoms with Gasteiger partial charge in [-0.1, -0.05) is 23.7 Å². The van der Waals surface area contributed by atoms with Crippen molar-refractivity contribution in [1.29, 1.82) is 0 Å². The highest BCUT2D eigenvalue weighted by atomic mass is 35.5. The molecule has 180 valence electrons. The predicted molar refractivity (Wildman–Crippen MR) is 140 cm³/mol. The van der Waals surface area contributed by atoms with Gasteiger partial charge in [-0.05, 0) is 55.3 Å². The number of fused-ring (bicyclic) bond motifs is 2. The minimum absolute atomic E-state index is 0.140. The van der Waals surface area contributed by atoms with E-state index in [0.29, 0.717) is 41.9 Å². The van der Waals surface area contributed by atoms with Crippen LogP contribution in [0.5, 0.6) is 5.75 Å². The monoisotopic (exact) mass is 527 g/mol. The minimum atomic E-state index is -0.324. The lowest BCUT2D eigenvalue weighted by Crippen LogP contribution is -2.35. The zero-order valence-corrected chi connectivity index (χ0v) is 21.3. The summed E-state index contributed by atoms with van der Waals surface area (Å²) in [5, 5.41) is 5.18. The summed E-state index contributed by atoms with van der Waals surface area (Å²) in [6, 6.07) is 14.8. The van der Waals surface area contributed by atoms with Gasteiger partial charge in [0.15, 0.2) is 6.61 Å². The lowest BCUT2D eigenvalue weighted by Gasteiger charge is -2.26. The number of para-hydroxylation sites is 1. The van der Waals surface area contributed by atoms with Crippen LogP contribution in [0, 0.1) is 0 Å². The fraction of sp³-hybridized carbons (Fsp3) is 0.240. The van der Waals surface area contributed by atoms with Crippen LogP contribution in [0.2, 0.25) is 5.02 Å². The second-order valence-electron chi connectivity index (χ2n) is 7.86. The van der Waals surface area contributed by atoms with Gasteiger partial charge >= 0.3 is 6.09 Å². The SMILES string of the molecule is CCOC(=O)N1CCc2c(sc(NC(=O)COc3ccc(Cl)cc3)c2-c2nc3ccccc3s2)C1. The number of carbonyl (C=O) groups is 2. The molecule has 0 fully saturated rings. The molecule has 0 bridgehead atoms. The van der Waals surface area contributed by atoms with Crippen molar-refractivity contribution in [2.45, 2.75) is 19.9 Å². The Hall–Kier alpha value is -3.14. The average Bonchev–Trinajstić information content (AvgIpc) is 3.43. The third kappa shape index (κ3) is 5.12. The maximum absolute atomic E-state index is 12.8.